The SMILES string of the molecule is C=C(C)C1CC[C@]2(C(=O)OCCC)CC[C@]3(C)C(CCC4[C@@]5(C)CC[C@H](O)[C@@](C)(CO)[C@@H]5CC[C@]43C)C12. The summed E-state index contributed by atoms with van der Waals surface area (Å²) in [6.07, 6.45) is 11.0. The molecule has 37 heavy (non-hydrogen) atoms. The normalized spacial score (nSPS) is 52.9. The lowest BCUT2D eigenvalue weighted by molar-refractivity contribution is -0.254. The third-order valence-corrected chi connectivity index (χ3v) is 14.0. The Balaban J connectivity index is 1.54. The van der Waals surface area contributed by atoms with Crippen molar-refractivity contribution < 1.29 is 19.7 Å². The number of carbonyl (C=O) groups is 1. The predicted octanol–water partition coefficient (Wildman–Crippen LogP) is 6.93. The number of fused-ring (bicyclic) bond motifs is 7. The van der Waals surface area contributed by atoms with Gasteiger partial charge in [0.05, 0.1) is 24.7 Å². The van der Waals surface area contributed by atoms with Gasteiger partial charge in [0.1, 0.15) is 0 Å². The van der Waals surface area contributed by atoms with Crippen LogP contribution in [0, 0.1) is 56.7 Å². The van der Waals surface area contributed by atoms with Crippen molar-refractivity contribution in [2.24, 2.45) is 56.7 Å². The van der Waals surface area contributed by atoms with Crippen LogP contribution < -0.4 is 0 Å². The van der Waals surface area contributed by atoms with Crippen LogP contribution in [0.2, 0.25) is 0 Å². The van der Waals surface area contributed by atoms with Gasteiger partial charge in [-0.3, -0.25) is 4.79 Å². The molecular formula is C33H54O4. The summed E-state index contributed by atoms with van der Waals surface area (Å²) >= 11 is 0. The summed E-state index contributed by atoms with van der Waals surface area (Å²) in [5, 5.41) is 21.5. The van der Waals surface area contributed by atoms with Gasteiger partial charge >= 0.3 is 5.97 Å². The minimum Gasteiger partial charge on any atom is -0.465 e. The molecule has 0 aromatic rings. The van der Waals surface area contributed by atoms with Gasteiger partial charge in [0.15, 0.2) is 0 Å². The van der Waals surface area contributed by atoms with Crippen LogP contribution in [0.25, 0.3) is 0 Å². The van der Waals surface area contributed by atoms with Crippen molar-refractivity contribution in [1.82, 2.24) is 0 Å². The maximum absolute atomic E-state index is 13.7. The topological polar surface area (TPSA) is 66.8 Å². The van der Waals surface area contributed by atoms with E-state index in [1.54, 1.807) is 0 Å². The lowest BCUT2D eigenvalue weighted by Crippen LogP contribution is -2.67. The minimum atomic E-state index is -0.411. The lowest BCUT2D eigenvalue weighted by Gasteiger charge is -2.72. The standard InChI is InChI=1S/C33H54O4/c1-8-19-37-28(36)33-16-11-22(21(2)3)27(33)23-9-10-25-29(4)14-13-26(35)30(5,20-34)24(29)12-15-32(25,7)31(23,6)17-18-33/h22-27,34-35H,2,8-20H2,1,3-7H3/t22?,23?,24-,25?,26+,27?,29+,30+,31-,32-,33+/m1/s1. The zero-order chi connectivity index (χ0) is 27.0. The van der Waals surface area contributed by atoms with Crippen LogP contribution in [0.15, 0.2) is 12.2 Å². The first-order chi connectivity index (χ1) is 17.4. The average Bonchev–Trinajstić information content (AvgIpc) is 3.27. The molecule has 210 valence electrons. The van der Waals surface area contributed by atoms with Crippen molar-refractivity contribution in [3.8, 4) is 0 Å². The van der Waals surface area contributed by atoms with Gasteiger partial charge in [-0.1, -0.05) is 46.8 Å². The number of aliphatic hydroxyl groups is 2. The van der Waals surface area contributed by atoms with E-state index in [4.69, 9.17) is 4.74 Å². The maximum Gasteiger partial charge on any atom is 0.312 e. The van der Waals surface area contributed by atoms with Gasteiger partial charge in [0.25, 0.3) is 0 Å². The van der Waals surface area contributed by atoms with Crippen LogP contribution in [0.1, 0.15) is 112 Å². The first kappa shape index (κ1) is 27.7. The third-order valence-electron chi connectivity index (χ3n) is 14.0. The molecule has 5 aliphatic carbocycles. The molecule has 0 aromatic heterocycles. The van der Waals surface area contributed by atoms with E-state index < -0.39 is 11.5 Å². The Labute approximate surface area is 226 Å². The van der Waals surface area contributed by atoms with E-state index in [1.165, 1.54) is 18.4 Å². The Morgan fingerprint density at radius 2 is 1.65 bits per heavy atom. The molecule has 0 aromatic carbocycles. The summed E-state index contributed by atoms with van der Waals surface area (Å²) < 4.78 is 5.92. The molecule has 0 amide bonds. The van der Waals surface area contributed by atoms with Crippen LogP contribution >= 0.6 is 0 Å². The van der Waals surface area contributed by atoms with Gasteiger partial charge < -0.3 is 14.9 Å². The first-order valence-electron chi connectivity index (χ1n) is 15.5. The number of aliphatic hydroxyl groups excluding tert-OH is 2. The Kier molecular flexibility index (Phi) is 6.80. The largest absolute Gasteiger partial charge is 0.465 e. The molecule has 4 heteroatoms. The molecule has 4 nitrogen and oxygen atoms in total. The van der Waals surface area contributed by atoms with E-state index in [2.05, 4.69) is 48.1 Å². The molecule has 0 aliphatic heterocycles. The molecule has 11 atom stereocenters. The van der Waals surface area contributed by atoms with E-state index in [0.717, 1.165) is 57.8 Å². The van der Waals surface area contributed by atoms with E-state index >= 15 is 0 Å². The molecule has 0 saturated heterocycles. The Hall–Kier alpha value is -0.870. The highest BCUT2D eigenvalue weighted by Gasteiger charge is 2.72. The quantitative estimate of drug-likeness (QED) is 0.308. The fourth-order valence-electron chi connectivity index (χ4n) is 11.9. The monoisotopic (exact) mass is 514 g/mol. The van der Waals surface area contributed by atoms with Gasteiger partial charge in [0, 0.05) is 5.41 Å². The van der Waals surface area contributed by atoms with E-state index in [-0.39, 0.29) is 34.2 Å². The molecule has 5 fully saturated rings. The zero-order valence-electron chi connectivity index (χ0n) is 24.6. The molecule has 5 rings (SSSR count). The maximum atomic E-state index is 13.7. The van der Waals surface area contributed by atoms with Gasteiger partial charge in [-0.25, -0.2) is 0 Å². The van der Waals surface area contributed by atoms with Crippen molar-refractivity contribution in [3.05, 3.63) is 12.2 Å². The third kappa shape index (κ3) is 3.49. The molecule has 0 radical (unpaired) electrons. The van der Waals surface area contributed by atoms with Crippen molar-refractivity contribution in [3.63, 3.8) is 0 Å². The summed E-state index contributed by atoms with van der Waals surface area (Å²) in [6, 6.07) is 0. The number of esters is 1. The van der Waals surface area contributed by atoms with Crippen LogP contribution in [0.4, 0.5) is 0 Å². The smallest absolute Gasteiger partial charge is 0.312 e. The summed E-state index contributed by atoms with van der Waals surface area (Å²) in [4.78, 5) is 13.7. The number of allylic oxidation sites excluding steroid dienone is 1. The number of hydrogen-bond acceptors (Lipinski definition) is 4. The molecule has 0 bridgehead atoms. The zero-order valence-corrected chi connectivity index (χ0v) is 24.6. The fourth-order valence-corrected chi connectivity index (χ4v) is 11.9. The Morgan fingerprint density at radius 3 is 2.30 bits per heavy atom. The molecule has 5 saturated carbocycles. The summed E-state index contributed by atoms with van der Waals surface area (Å²) in [5.74, 6) is 2.28. The second-order valence-electron chi connectivity index (χ2n) is 15.2. The van der Waals surface area contributed by atoms with Crippen molar-refractivity contribution >= 4 is 5.97 Å². The van der Waals surface area contributed by atoms with Crippen LogP contribution in [0.3, 0.4) is 0 Å². The van der Waals surface area contributed by atoms with Crippen molar-refractivity contribution in [2.75, 3.05) is 13.2 Å². The van der Waals surface area contributed by atoms with Gasteiger partial charge in [-0.05, 0) is 123 Å². The van der Waals surface area contributed by atoms with Crippen molar-refractivity contribution in [2.45, 2.75) is 118 Å². The summed E-state index contributed by atoms with van der Waals surface area (Å²) in [7, 11) is 0. The van der Waals surface area contributed by atoms with E-state index in [0.29, 0.717) is 36.2 Å². The second kappa shape index (κ2) is 9.08. The van der Waals surface area contributed by atoms with Gasteiger partial charge in [-0.2, -0.15) is 0 Å². The summed E-state index contributed by atoms with van der Waals surface area (Å²) in [5.41, 5.74) is 1.01. The lowest BCUT2D eigenvalue weighted by atomic mass is 9.32. The highest BCUT2D eigenvalue weighted by Crippen LogP contribution is 2.77. The molecule has 2 N–H and O–H groups in total. The number of ether oxygens (including phenoxy) is 1. The molecule has 5 aliphatic rings. The van der Waals surface area contributed by atoms with E-state index in [9.17, 15) is 15.0 Å². The van der Waals surface area contributed by atoms with Crippen LogP contribution in [0.5, 0.6) is 0 Å². The number of rotatable bonds is 5. The Morgan fingerprint density at radius 1 is 0.919 bits per heavy atom. The Bertz CT molecular complexity index is 929. The molecule has 0 heterocycles. The van der Waals surface area contributed by atoms with Crippen molar-refractivity contribution in [1.29, 1.82) is 0 Å². The van der Waals surface area contributed by atoms with Gasteiger partial charge in [0.2, 0.25) is 0 Å². The predicted molar refractivity (Wildman–Crippen MR) is 148 cm³/mol. The molecular weight excluding hydrogens is 460 g/mol. The average molecular weight is 515 g/mol. The van der Waals surface area contributed by atoms with Crippen LogP contribution in [-0.2, 0) is 9.53 Å². The minimum absolute atomic E-state index is 0.0719. The number of carbonyl (C=O) groups excluding carboxylic acids is 1. The van der Waals surface area contributed by atoms with Gasteiger partial charge in [-0.15, -0.1) is 0 Å². The summed E-state index contributed by atoms with van der Waals surface area (Å²) in [6.45, 7) is 19.1. The first-order valence-corrected chi connectivity index (χ1v) is 15.5. The van der Waals surface area contributed by atoms with E-state index in [1.807, 2.05) is 0 Å². The van der Waals surface area contributed by atoms with Crippen LogP contribution in [-0.4, -0.2) is 35.5 Å². The number of hydrogen-bond donors (Lipinski definition) is 2. The second-order valence-corrected chi connectivity index (χ2v) is 15.2. The highest BCUT2D eigenvalue weighted by atomic mass is 16.5. The fraction of sp³-hybridized carbons (Fsp3) is 0.909. The highest BCUT2D eigenvalue weighted by molar-refractivity contribution is 5.78. The molecule has 4 unspecified atom stereocenters. The molecule has 0 spiro atoms.